The third kappa shape index (κ3) is 4.52. The lowest BCUT2D eigenvalue weighted by Gasteiger charge is -2.22. The highest BCUT2D eigenvalue weighted by Crippen LogP contribution is 2.26. The van der Waals surface area contributed by atoms with Gasteiger partial charge in [-0.3, -0.25) is 0 Å². The molecule has 1 aliphatic carbocycles. The average molecular weight is 263 g/mol. The molecule has 1 nitrogen and oxygen atoms in total. The highest BCUT2D eigenvalue weighted by atomic mass is 19.1. The van der Waals surface area contributed by atoms with Crippen LogP contribution in [0.4, 0.5) is 10.1 Å². The van der Waals surface area contributed by atoms with Gasteiger partial charge in [-0.15, -0.1) is 0 Å². The highest BCUT2D eigenvalue weighted by Gasteiger charge is 2.13. The van der Waals surface area contributed by atoms with Crippen LogP contribution in [-0.4, -0.2) is 6.54 Å². The van der Waals surface area contributed by atoms with Crippen molar-refractivity contribution in [3.63, 3.8) is 0 Å². The van der Waals surface area contributed by atoms with E-state index in [1.165, 1.54) is 32.1 Å². The molecule has 0 aliphatic heterocycles. The Bertz CT molecular complexity index is 371. The van der Waals surface area contributed by atoms with Gasteiger partial charge >= 0.3 is 0 Å². The smallest absolute Gasteiger partial charge is 0.125 e. The fourth-order valence-corrected chi connectivity index (χ4v) is 2.92. The second-order valence-corrected chi connectivity index (χ2v) is 5.77. The molecular weight excluding hydrogens is 237 g/mol. The van der Waals surface area contributed by atoms with E-state index in [4.69, 9.17) is 0 Å². The molecule has 19 heavy (non-hydrogen) atoms. The Hall–Kier alpha value is -1.05. The average Bonchev–Trinajstić information content (AvgIpc) is 2.47. The minimum Gasteiger partial charge on any atom is -0.385 e. The molecule has 1 fully saturated rings. The van der Waals surface area contributed by atoms with Crippen molar-refractivity contribution in [1.29, 1.82) is 0 Å². The first-order chi connectivity index (χ1) is 9.29. The zero-order chi connectivity index (χ0) is 13.5. The van der Waals surface area contributed by atoms with Crippen molar-refractivity contribution in [2.24, 2.45) is 5.92 Å². The van der Waals surface area contributed by atoms with E-state index in [0.29, 0.717) is 6.42 Å². The molecule has 1 aromatic rings. The van der Waals surface area contributed by atoms with E-state index in [0.717, 1.165) is 30.1 Å². The monoisotopic (exact) mass is 263 g/mol. The first kappa shape index (κ1) is 14.4. The van der Waals surface area contributed by atoms with Gasteiger partial charge in [-0.2, -0.15) is 0 Å². The van der Waals surface area contributed by atoms with Crippen molar-refractivity contribution in [3.05, 3.63) is 29.8 Å². The molecule has 1 N–H and O–H groups in total. The van der Waals surface area contributed by atoms with Gasteiger partial charge < -0.3 is 5.32 Å². The van der Waals surface area contributed by atoms with E-state index in [9.17, 15) is 4.39 Å². The first-order valence-corrected chi connectivity index (χ1v) is 7.77. The normalized spacial score (nSPS) is 18.2. The predicted molar refractivity (Wildman–Crippen MR) is 80.3 cm³/mol. The van der Waals surface area contributed by atoms with Gasteiger partial charge in [0.25, 0.3) is 0 Å². The lowest BCUT2D eigenvalue weighted by molar-refractivity contribution is 0.321. The molecule has 0 aromatic heterocycles. The summed E-state index contributed by atoms with van der Waals surface area (Å²) in [5.41, 5.74) is 1.89. The molecule has 1 aromatic carbocycles. The summed E-state index contributed by atoms with van der Waals surface area (Å²) in [6, 6.07) is 7.88. The summed E-state index contributed by atoms with van der Waals surface area (Å²) in [5, 5.41) is 3.49. The predicted octanol–water partition coefficient (Wildman–Crippen LogP) is 5.49. The molecule has 1 saturated carbocycles. The Balaban J connectivity index is 1.87. The molecule has 1 atom stereocenters. The molecule has 2 rings (SSSR count). The van der Waals surface area contributed by atoms with Crippen LogP contribution in [0, 0.1) is 5.92 Å². The van der Waals surface area contributed by atoms with Gasteiger partial charge in [0.15, 0.2) is 0 Å². The molecular formula is C17H26FN. The zero-order valence-corrected chi connectivity index (χ0v) is 12.0. The standard InChI is InChI=1S/C17H26FN/c1-2-7-17(18)15-10-6-11-16(12-15)19-13-14-8-4-3-5-9-14/h6,10-12,14,17,19H,2-5,7-9,13H2,1H3. The second kappa shape index (κ2) is 7.52. The Kier molecular flexibility index (Phi) is 5.68. The van der Waals surface area contributed by atoms with Gasteiger partial charge in [0.1, 0.15) is 6.17 Å². The van der Waals surface area contributed by atoms with Crippen LogP contribution in [0.1, 0.15) is 63.6 Å². The highest BCUT2D eigenvalue weighted by molar-refractivity contribution is 5.46. The van der Waals surface area contributed by atoms with Crippen molar-refractivity contribution in [1.82, 2.24) is 0 Å². The summed E-state index contributed by atoms with van der Waals surface area (Å²) in [6.45, 7) is 3.06. The SMILES string of the molecule is CCCC(F)c1cccc(NCC2CCCCC2)c1. The molecule has 0 saturated heterocycles. The van der Waals surface area contributed by atoms with Crippen LogP contribution in [0.3, 0.4) is 0 Å². The van der Waals surface area contributed by atoms with Crippen molar-refractivity contribution >= 4 is 5.69 Å². The Morgan fingerprint density at radius 3 is 2.79 bits per heavy atom. The number of benzene rings is 1. The number of alkyl halides is 1. The maximum absolute atomic E-state index is 13.9. The minimum absolute atomic E-state index is 0.617. The molecule has 1 unspecified atom stereocenters. The third-order valence-electron chi connectivity index (χ3n) is 4.11. The fourth-order valence-electron chi connectivity index (χ4n) is 2.92. The van der Waals surface area contributed by atoms with Crippen LogP contribution in [0.25, 0.3) is 0 Å². The van der Waals surface area contributed by atoms with Gasteiger partial charge in [0, 0.05) is 12.2 Å². The largest absolute Gasteiger partial charge is 0.385 e. The zero-order valence-electron chi connectivity index (χ0n) is 12.0. The third-order valence-corrected chi connectivity index (χ3v) is 4.11. The van der Waals surface area contributed by atoms with Crippen LogP contribution >= 0.6 is 0 Å². The number of hydrogen-bond donors (Lipinski definition) is 1. The summed E-state index contributed by atoms with van der Waals surface area (Å²) < 4.78 is 13.9. The van der Waals surface area contributed by atoms with Crippen molar-refractivity contribution in [2.45, 2.75) is 58.0 Å². The quantitative estimate of drug-likeness (QED) is 0.715. The molecule has 0 radical (unpaired) electrons. The van der Waals surface area contributed by atoms with Crippen LogP contribution in [0.2, 0.25) is 0 Å². The molecule has 0 spiro atoms. The van der Waals surface area contributed by atoms with Crippen molar-refractivity contribution < 1.29 is 4.39 Å². The number of anilines is 1. The second-order valence-electron chi connectivity index (χ2n) is 5.77. The minimum atomic E-state index is -0.818. The summed E-state index contributed by atoms with van der Waals surface area (Å²) in [5.74, 6) is 0.800. The van der Waals surface area contributed by atoms with E-state index in [-0.39, 0.29) is 0 Å². The number of hydrogen-bond acceptors (Lipinski definition) is 1. The van der Waals surface area contributed by atoms with Crippen LogP contribution in [-0.2, 0) is 0 Å². The molecule has 0 amide bonds. The van der Waals surface area contributed by atoms with Gasteiger partial charge in [-0.1, -0.05) is 44.7 Å². The first-order valence-electron chi connectivity index (χ1n) is 7.77. The number of nitrogens with one attached hydrogen (secondary N) is 1. The van der Waals surface area contributed by atoms with Gasteiger partial charge in [0.05, 0.1) is 0 Å². The van der Waals surface area contributed by atoms with Crippen molar-refractivity contribution in [2.75, 3.05) is 11.9 Å². The Labute approximate surface area is 116 Å². The van der Waals surface area contributed by atoms with Crippen LogP contribution < -0.4 is 5.32 Å². The van der Waals surface area contributed by atoms with E-state index in [2.05, 4.69) is 5.32 Å². The summed E-state index contributed by atoms with van der Waals surface area (Å²) >= 11 is 0. The summed E-state index contributed by atoms with van der Waals surface area (Å²) in [6.07, 6.45) is 7.51. The maximum atomic E-state index is 13.9. The van der Waals surface area contributed by atoms with Gasteiger partial charge in [-0.05, 0) is 42.9 Å². The maximum Gasteiger partial charge on any atom is 0.125 e. The number of halogens is 1. The van der Waals surface area contributed by atoms with Crippen LogP contribution in [0.15, 0.2) is 24.3 Å². The van der Waals surface area contributed by atoms with E-state index in [1.54, 1.807) is 0 Å². The number of rotatable bonds is 6. The van der Waals surface area contributed by atoms with Crippen molar-refractivity contribution in [3.8, 4) is 0 Å². The van der Waals surface area contributed by atoms with Gasteiger partial charge in [0.2, 0.25) is 0 Å². The molecule has 1 aliphatic rings. The van der Waals surface area contributed by atoms with E-state index >= 15 is 0 Å². The Morgan fingerprint density at radius 2 is 2.05 bits per heavy atom. The lowest BCUT2D eigenvalue weighted by atomic mass is 9.89. The summed E-state index contributed by atoms with van der Waals surface area (Å²) in [7, 11) is 0. The van der Waals surface area contributed by atoms with Crippen LogP contribution in [0.5, 0.6) is 0 Å². The molecule has 2 heteroatoms. The lowest BCUT2D eigenvalue weighted by Crippen LogP contribution is -2.17. The van der Waals surface area contributed by atoms with Gasteiger partial charge in [-0.25, -0.2) is 4.39 Å². The molecule has 0 heterocycles. The fraction of sp³-hybridized carbons (Fsp3) is 0.647. The van der Waals surface area contributed by atoms with E-state index in [1.807, 2.05) is 31.2 Å². The summed E-state index contributed by atoms with van der Waals surface area (Å²) in [4.78, 5) is 0. The molecule has 0 bridgehead atoms. The topological polar surface area (TPSA) is 12.0 Å². The van der Waals surface area contributed by atoms with E-state index < -0.39 is 6.17 Å². The Morgan fingerprint density at radius 1 is 1.26 bits per heavy atom. The molecule has 106 valence electrons.